The number of nitrogens with one attached hydrogen (secondary N) is 1. The molecule has 8 heteroatoms. The van der Waals surface area contributed by atoms with Crippen molar-refractivity contribution in [2.75, 3.05) is 5.32 Å². The summed E-state index contributed by atoms with van der Waals surface area (Å²) in [5.74, 6) is -1.11. The zero-order chi connectivity index (χ0) is 14.5. The highest BCUT2D eigenvalue weighted by atomic mass is 32.1. The first-order valence-electron chi connectivity index (χ1n) is 5.58. The lowest BCUT2D eigenvalue weighted by molar-refractivity contribution is -0.114. The summed E-state index contributed by atoms with van der Waals surface area (Å²) in [5, 5.41) is 13.8. The normalized spacial score (nSPS) is 10.1. The van der Waals surface area contributed by atoms with E-state index in [1.165, 1.54) is 36.7 Å². The van der Waals surface area contributed by atoms with Gasteiger partial charge in [-0.2, -0.15) is 0 Å². The van der Waals surface area contributed by atoms with E-state index in [0.29, 0.717) is 10.8 Å². The number of hydrogen-bond donors (Lipinski definition) is 2. The summed E-state index contributed by atoms with van der Waals surface area (Å²) in [4.78, 5) is 29.8. The van der Waals surface area contributed by atoms with Crippen LogP contribution in [0.5, 0.6) is 5.75 Å². The van der Waals surface area contributed by atoms with Gasteiger partial charge in [-0.15, -0.1) is 11.3 Å². The molecule has 0 bridgehead atoms. The SMILES string of the molecule is CC(=O)Nc1nc(COc2cnccc2C(=O)O)cs1. The molecule has 2 aromatic heterocycles. The number of amides is 1. The van der Waals surface area contributed by atoms with E-state index >= 15 is 0 Å². The zero-order valence-electron chi connectivity index (χ0n) is 10.5. The lowest BCUT2D eigenvalue weighted by Gasteiger charge is -2.06. The van der Waals surface area contributed by atoms with E-state index in [1.54, 1.807) is 5.38 Å². The van der Waals surface area contributed by atoms with E-state index in [9.17, 15) is 9.59 Å². The predicted molar refractivity (Wildman–Crippen MR) is 71.9 cm³/mol. The Balaban J connectivity index is 2.04. The average Bonchev–Trinajstić information content (AvgIpc) is 2.83. The topological polar surface area (TPSA) is 101 Å². The molecular formula is C12H11N3O4S. The predicted octanol–water partition coefficient (Wildman–Crippen LogP) is 1.77. The fraction of sp³-hybridized carbons (Fsp3) is 0.167. The van der Waals surface area contributed by atoms with Gasteiger partial charge in [0.2, 0.25) is 5.91 Å². The molecule has 104 valence electrons. The molecular weight excluding hydrogens is 282 g/mol. The van der Waals surface area contributed by atoms with Crippen LogP contribution in [-0.2, 0) is 11.4 Å². The number of aromatic carboxylic acids is 1. The van der Waals surface area contributed by atoms with Gasteiger partial charge < -0.3 is 15.2 Å². The van der Waals surface area contributed by atoms with Gasteiger partial charge in [-0.1, -0.05) is 0 Å². The lowest BCUT2D eigenvalue weighted by atomic mass is 10.2. The first-order valence-corrected chi connectivity index (χ1v) is 6.46. The Labute approximate surface area is 118 Å². The summed E-state index contributed by atoms with van der Waals surface area (Å²) < 4.78 is 5.39. The number of aromatic nitrogens is 2. The number of thiazole rings is 1. The number of carboxylic acids is 1. The first kappa shape index (κ1) is 13.9. The van der Waals surface area contributed by atoms with Gasteiger partial charge in [0.1, 0.15) is 12.2 Å². The van der Waals surface area contributed by atoms with Crippen molar-refractivity contribution >= 4 is 28.3 Å². The van der Waals surface area contributed by atoms with Crippen molar-refractivity contribution < 1.29 is 19.4 Å². The molecule has 1 amide bonds. The maximum atomic E-state index is 11.0. The van der Waals surface area contributed by atoms with Gasteiger partial charge in [0.05, 0.1) is 11.9 Å². The Morgan fingerprint density at radius 2 is 2.30 bits per heavy atom. The van der Waals surface area contributed by atoms with Crippen molar-refractivity contribution in [3.8, 4) is 5.75 Å². The summed E-state index contributed by atoms with van der Waals surface area (Å²) in [6.07, 6.45) is 2.72. The number of rotatable bonds is 5. The monoisotopic (exact) mass is 293 g/mol. The molecule has 0 saturated heterocycles. The van der Waals surface area contributed by atoms with Gasteiger partial charge in [0, 0.05) is 18.5 Å². The number of anilines is 1. The van der Waals surface area contributed by atoms with Gasteiger partial charge in [-0.05, 0) is 6.07 Å². The average molecular weight is 293 g/mol. The van der Waals surface area contributed by atoms with Crippen LogP contribution in [0.1, 0.15) is 23.0 Å². The molecule has 0 aliphatic heterocycles. The smallest absolute Gasteiger partial charge is 0.339 e. The second-order valence-electron chi connectivity index (χ2n) is 3.79. The van der Waals surface area contributed by atoms with Crippen LogP contribution in [0.2, 0.25) is 0 Å². The van der Waals surface area contributed by atoms with E-state index in [0.717, 1.165) is 0 Å². The minimum Gasteiger partial charge on any atom is -0.485 e. The van der Waals surface area contributed by atoms with E-state index in [4.69, 9.17) is 9.84 Å². The van der Waals surface area contributed by atoms with Gasteiger partial charge >= 0.3 is 5.97 Å². The minimum atomic E-state index is -1.08. The van der Waals surface area contributed by atoms with Crippen LogP contribution < -0.4 is 10.1 Å². The summed E-state index contributed by atoms with van der Waals surface area (Å²) in [6.45, 7) is 1.49. The molecule has 2 aromatic rings. The highest BCUT2D eigenvalue weighted by molar-refractivity contribution is 7.13. The molecule has 0 atom stereocenters. The number of nitrogens with zero attached hydrogens (tertiary/aromatic N) is 2. The van der Waals surface area contributed by atoms with Crippen LogP contribution in [0.15, 0.2) is 23.8 Å². The number of carbonyl (C=O) groups excluding carboxylic acids is 1. The Hall–Kier alpha value is -2.48. The third-order valence-corrected chi connectivity index (χ3v) is 3.03. The van der Waals surface area contributed by atoms with Crippen LogP contribution in [0, 0.1) is 0 Å². The van der Waals surface area contributed by atoms with Crippen molar-refractivity contribution in [2.24, 2.45) is 0 Å². The number of hydrogen-bond acceptors (Lipinski definition) is 6. The van der Waals surface area contributed by atoms with E-state index in [2.05, 4.69) is 15.3 Å². The summed E-state index contributed by atoms with van der Waals surface area (Å²) in [6, 6.07) is 1.36. The molecule has 20 heavy (non-hydrogen) atoms. The van der Waals surface area contributed by atoms with Gasteiger partial charge in [-0.25, -0.2) is 9.78 Å². The first-order chi connectivity index (χ1) is 9.56. The van der Waals surface area contributed by atoms with Crippen molar-refractivity contribution in [2.45, 2.75) is 13.5 Å². The van der Waals surface area contributed by atoms with Crippen LogP contribution in [0.4, 0.5) is 5.13 Å². The molecule has 0 unspecified atom stereocenters. The summed E-state index contributed by atoms with van der Waals surface area (Å²) in [7, 11) is 0. The molecule has 2 N–H and O–H groups in total. The second-order valence-corrected chi connectivity index (χ2v) is 4.65. The Morgan fingerprint density at radius 1 is 1.50 bits per heavy atom. The van der Waals surface area contributed by atoms with Crippen molar-refractivity contribution in [3.05, 3.63) is 35.1 Å². The van der Waals surface area contributed by atoms with Crippen molar-refractivity contribution in [1.29, 1.82) is 0 Å². The van der Waals surface area contributed by atoms with Gasteiger partial charge in [0.15, 0.2) is 10.9 Å². The fourth-order valence-corrected chi connectivity index (χ4v) is 2.15. The number of carboxylic acid groups (broad SMARTS) is 1. The van der Waals surface area contributed by atoms with Crippen molar-refractivity contribution in [3.63, 3.8) is 0 Å². The molecule has 7 nitrogen and oxygen atoms in total. The highest BCUT2D eigenvalue weighted by Crippen LogP contribution is 2.20. The maximum absolute atomic E-state index is 11.0. The Kier molecular flexibility index (Phi) is 4.26. The van der Waals surface area contributed by atoms with Gasteiger partial charge in [-0.3, -0.25) is 9.78 Å². The Morgan fingerprint density at radius 3 is 3.00 bits per heavy atom. The van der Waals surface area contributed by atoms with Crippen LogP contribution in [-0.4, -0.2) is 27.0 Å². The molecule has 0 aliphatic rings. The van der Waals surface area contributed by atoms with E-state index in [-0.39, 0.29) is 23.8 Å². The molecule has 0 fully saturated rings. The second kappa shape index (κ2) is 6.11. The summed E-state index contributed by atoms with van der Waals surface area (Å²) in [5.41, 5.74) is 0.635. The maximum Gasteiger partial charge on any atom is 0.339 e. The fourth-order valence-electron chi connectivity index (χ4n) is 1.40. The van der Waals surface area contributed by atoms with Crippen LogP contribution in [0.3, 0.4) is 0 Å². The standard InChI is InChI=1S/C12H11N3O4S/c1-7(16)14-12-15-8(6-20-12)5-19-10-4-13-3-2-9(10)11(17)18/h2-4,6H,5H2,1H3,(H,17,18)(H,14,15,16). The third-order valence-electron chi connectivity index (χ3n) is 2.23. The third kappa shape index (κ3) is 3.51. The molecule has 0 saturated carbocycles. The highest BCUT2D eigenvalue weighted by Gasteiger charge is 2.11. The molecule has 0 spiro atoms. The van der Waals surface area contributed by atoms with Crippen LogP contribution in [0.25, 0.3) is 0 Å². The van der Waals surface area contributed by atoms with Gasteiger partial charge in [0.25, 0.3) is 0 Å². The number of pyridine rings is 1. The molecule has 2 heterocycles. The summed E-state index contributed by atoms with van der Waals surface area (Å²) >= 11 is 1.27. The molecule has 0 aromatic carbocycles. The zero-order valence-corrected chi connectivity index (χ0v) is 11.3. The largest absolute Gasteiger partial charge is 0.485 e. The van der Waals surface area contributed by atoms with Crippen molar-refractivity contribution in [1.82, 2.24) is 9.97 Å². The number of carbonyl (C=O) groups is 2. The quantitative estimate of drug-likeness (QED) is 0.871. The van der Waals surface area contributed by atoms with Crippen LogP contribution >= 0.6 is 11.3 Å². The lowest BCUT2D eigenvalue weighted by Crippen LogP contribution is -2.06. The number of ether oxygens (including phenoxy) is 1. The molecule has 0 radical (unpaired) electrons. The molecule has 2 rings (SSSR count). The Bertz CT molecular complexity index is 641. The molecule has 0 aliphatic carbocycles. The minimum absolute atomic E-state index is 0.0392. The van der Waals surface area contributed by atoms with E-state index in [1.807, 2.05) is 0 Å². The van der Waals surface area contributed by atoms with E-state index < -0.39 is 5.97 Å².